The van der Waals surface area contributed by atoms with Gasteiger partial charge in [-0.1, -0.05) is 12.8 Å². The Morgan fingerprint density at radius 3 is 2.72 bits per heavy atom. The average molecular weight is 399 g/mol. The Labute approximate surface area is 166 Å². The summed E-state index contributed by atoms with van der Waals surface area (Å²) >= 11 is 0. The molecule has 2 aromatic rings. The first-order valence-electron chi connectivity index (χ1n) is 9.74. The summed E-state index contributed by atoms with van der Waals surface area (Å²) in [7, 11) is 0. The van der Waals surface area contributed by atoms with E-state index in [2.05, 4.69) is 5.32 Å². The van der Waals surface area contributed by atoms with Crippen molar-refractivity contribution in [2.24, 2.45) is 5.92 Å². The Bertz CT molecular complexity index is 1020. The Hall–Kier alpha value is -2.64. The molecular weight excluding hydrogens is 380 g/mol. The fraction of sp³-hybridized carbons (Fsp3) is 0.364. The maximum Gasteiger partial charge on any atom is 0.289 e. The van der Waals surface area contributed by atoms with Gasteiger partial charge in [-0.3, -0.25) is 9.59 Å². The van der Waals surface area contributed by atoms with E-state index in [9.17, 15) is 18.4 Å². The minimum absolute atomic E-state index is 0.0955. The van der Waals surface area contributed by atoms with Gasteiger partial charge in [0, 0.05) is 17.2 Å². The smallest absolute Gasteiger partial charge is 0.289 e. The number of amides is 1. The number of fused-ring (bicyclic) bond motifs is 2. The first kappa shape index (κ1) is 18.4. The molecule has 1 saturated heterocycles. The van der Waals surface area contributed by atoms with Crippen molar-refractivity contribution < 1.29 is 27.8 Å². The van der Waals surface area contributed by atoms with Crippen molar-refractivity contribution in [1.29, 1.82) is 0 Å². The molecule has 2 unspecified atom stereocenters. The van der Waals surface area contributed by atoms with E-state index in [0.717, 1.165) is 18.6 Å². The molecule has 1 amide bonds. The Morgan fingerprint density at radius 1 is 1.14 bits per heavy atom. The van der Waals surface area contributed by atoms with Crippen LogP contribution >= 0.6 is 0 Å². The van der Waals surface area contributed by atoms with Crippen LogP contribution in [0.1, 0.15) is 47.2 Å². The number of hydrogen-bond acceptors (Lipinski definition) is 4. The monoisotopic (exact) mass is 399 g/mol. The van der Waals surface area contributed by atoms with Crippen molar-refractivity contribution in [2.45, 2.75) is 37.6 Å². The van der Waals surface area contributed by atoms with Crippen LogP contribution in [0.15, 0.2) is 36.4 Å². The lowest BCUT2D eigenvalue weighted by atomic mass is 9.96. The van der Waals surface area contributed by atoms with Crippen LogP contribution in [-0.2, 0) is 20.1 Å². The predicted molar refractivity (Wildman–Crippen MR) is 99.3 cm³/mol. The average Bonchev–Trinajstić information content (AvgIpc) is 3.47. The number of ether oxygens (including phenoxy) is 2. The highest BCUT2D eigenvalue weighted by Crippen LogP contribution is 2.46. The van der Waals surface area contributed by atoms with Gasteiger partial charge in [-0.15, -0.1) is 0 Å². The second-order valence-corrected chi connectivity index (χ2v) is 7.84. The van der Waals surface area contributed by atoms with Crippen LogP contribution in [0.2, 0.25) is 0 Å². The van der Waals surface area contributed by atoms with E-state index in [0.29, 0.717) is 36.3 Å². The molecule has 1 saturated carbocycles. The molecule has 2 aliphatic heterocycles. The van der Waals surface area contributed by atoms with Crippen LogP contribution in [0.25, 0.3) is 0 Å². The standard InChI is InChI=1S/C22H19F2NO4/c23-14-4-5-16(18(24)11-14)20(26)13-3-6-19-17(10-13)22(21(27)25-19)28-8-7-15(29-22)9-12-1-2-12/h3-6,10-12,15H,1-2,7-9H2,(H,25,27). The summed E-state index contributed by atoms with van der Waals surface area (Å²) in [6.07, 6.45) is 3.85. The summed E-state index contributed by atoms with van der Waals surface area (Å²) in [6, 6.07) is 7.38. The number of nitrogens with one attached hydrogen (secondary N) is 1. The predicted octanol–water partition coefficient (Wildman–Crippen LogP) is 3.91. The molecular formula is C22H19F2NO4. The second-order valence-electron chi connectivity index (χ2n) is 7.84. The molecule has 7 heteroatoms. The van der Waals surface area contributed by atoms with Crippen molar-refractivity contribution in [3.63, 3.8) is 0 Å². The van der Waals surface area contributed by atoms with Gasteiger partial charge in [0.2, 0.25) is 0 Å². The van der Waals surface area contributed by atoms with Crippen molar-refractivity contribution in [3.8, 4) is 0 Å². The van der Waals surface area contributed by atoms with Crippen LogP contribution < -0.4 is 5.32 Å². The number of halogens is 2. The molecule has 150 valence electrons. The van der Waals surface area contributed by atoms with Crippen LogP contribution in [0.4, 0.5) is 14.5 Å². The lowest BCUT2D eigenvalue weighted by Crippen LogP contribution is -2.47. The van der Waals surface area contributed by atoms with Gasteiger partial charge in [-0.25, -0.2) is 8.78 Å². The van der Waals surface area contributed by atoms with Gasteiger partial charge in [0.05, 0.1) is 24.0 Å². The summed E-state index contributed by atoms with van der Waals surface area (Å²) in [5.41, 5.74) is 0.839. The Morgan fingerprint density at radius 2 is 1.97 bits per heavy atom. The maximum absolute atomic E-state index is 14.1. The molecule has 2 fully saturated rings. The van der Waals surface area contributed by atoms with Crippen LogP contribution in [-0.4, -0.2) is 24.4 Å². The van der Waals surface area contributed by atoms with E-state index in [4.69, 9.17) is 9.47 Å². The first-order chi connectivity index (χ1) is 14.0. The number of anilines is 1. The van der Waals surface area contributed by atoms with Gasteiger partial charge in [-0.2, -0.15) is 0 Å². The van der Waals surface area contributed by atoms with Gasteiger partial charge in [0.25, 0.3) is 11.7 Å². The van der Waals surface area contributed by atoms with Crippen LogP contribution in [0, 0.1) is 17.6 Å². The number of carbonyl (C=O) groups is 2. The molecule has 2 heterocycles. The molecule has 2 aromatic carbocycles. The van der Waals surface area contributed by atoms with E-state index in [1.54, 1.807) is 6.07 Å². The maximum atomic E-state index is 14.1. The highest BCUT2D eigenvalue weighted by molar-refractivity contribution is 6.11. The lowest BCUT2D eigenvalue weighted by molar-refractivity contribution is -0.281. The normalized spacial score (nSPS) is 25.7. The molecule has 5 nitrogen and oxygen atoms in total. The zero-order chi connectivity index (χ0) is 20.2. The number of ketones is 1. The SMILES string of the molecule is O=C(c1ccc2c(c1)C1(OCCC(CC3CC3)O1)C(=O)N2)c1ccc(F)cc1F. The van der Waals surface area contributed by atoms with Crippen molar-refractivity contribution in [1.82, 2.24) is 0 Å². The lowest BCUT2D eigenvalue weighted by Gasteiger charge is -2.37. The molecule has 0 radical (unpaired) electrons. The first-order valence-corrected chi connectivity index (χ1v) is 9.74. The van der Waals surface area contributed by atoms with Crippen LogP contribution in [0.5, 0.6) is 0 Å². The quantitative estimate of drug-likeness (QED) is 0.792. The number of benzene rings is 2. The minimum atomic E-state index is -1.59. The molecule has 1 spiro atoms. The molecule has 1 N–H and O–H groups in total. The van der Waals surface area contributed by atoms with Gasteiger partial charge < -0.3 is 14.8 Å². The zero-order valence-corrected chi connectivity index (χ0v) is 15.5. The fourth-order valence-electron chi connectivity index (χ4n) is 4.04. The third kappa shape index (κ3) is 3.14. The molecule has 0 bridgehead atoms. The summed E-state index contributed by atoms with van der Waals surface area (Å²) in [4.78, 5) is 25.5. The Kier molecular flexibility index (Phi) is 4.26. The van der Waals surface area contributed by atoms with Gasteiger partial charge in [0.1, 0.15) is 11.6 Å². The molecule has 0 aromatic heterocycles. The fourth-order valence-corrected chi connectivity index (χ4v) is 4.04. The zero-order valence-electron chi connectivity index (χ0n) is 15.5. The third-order valence-electron chi connectivity index (χ3n) is 5.73. The summed E-state index contributed by atoms with van der Waals surface area (Å²) in [5, 5.41) is 2.75. The summed E-state index contributed by atoms with van der Waals surface area (Å²) in [5.74, 6) is -3.68. The van der Waals surface area contributed by atoms with E-state index in [-0.39, 0.29) is 17.2 Å². The van der Waals surface area contributed by atoms with E-state index < -0.39 is 29.1 Å². The number of hydrogen-bond donors (Lipinski definition) is 1. The van der Waals surface area contributed by atoms with Crippen molar-refractivity contribution >= 4 is 17.4 Å². The minimum Gasteiger partial charge on any atom is -0.338 e. The van der Waals surface area contributed by atoms with E-state index in [1.807, 2.05) is 0 Å². The molecule has 5 rings (SSSR count). The van der Waals surface area contributed by atoms with E-state index >= 15 is 0 Å². The summed E-state index contributed by atoms with van der Waals surface area (Å²) < 4.78 is 39.2. The molecule has 29 heavy (non-hydrogen) atoms. The second kappa shape index (κ2) is 6.71. The van der Waals surface area contributed by atoms with E-state index in [1.165, 1.54) is 25.0 Å². The van der Waals surface area contributed by atoms with Crippen molar-refractivity contribution in [2.75, 3.05) is 11.9 Å². The van der Waals surface area contributed by atoms with Crippen LogP contribution in [0.3, 0.4) is 0 Å². The molecule has 2 atom stereocenters. The molecule has 3 aliphatic rings. The number of carbonyl (C=O) groups excluding carboxylic acids is 2. The third-order valence-corrected chi connectivity index (χ3v) is 5.73. The largest absolute Gasteiger partial charge is 0.338 e. The highest BCUT2D eigenvalue weighted by atomic mass is 19.1. The van der Waals surface area contributed by atoms with Gasteiger partial charge in [-0.05, 0) is 49.1 Å². The topological polar surface area (TPSA) is 64.6 Å². The summed E-state index contributed by atoms with van der Waals surface area (Å²) in [6.45, 7) is 0.370. The highest BCUT2D eigenvalue weighted by Gasteiger charge is 2.53. The van der Waals surface area contributed by atoms with Gasteiger partial charge >= 0.3 is 0 Å². The van der Waals surface area contributed by atoms with Crippen molar-refractivity contribution in [3.05, 3.63) is 64.7 Å². The molecule has 1 aliphatic carbocycles. The number of rotatable bonds is 4. The Balaban J connectivity index is 1.50. The van der Waals surface area contributed by atoms with Gasteiger partial charge in [0.15, 0.2) is 5.78 Å².